The largest absolute Gasteiger partial charge is 0.338 e. The molecule has 2 aromatic rings. The number of nitrogens with zero attached hydrogens (tertiary/aromatic N) is 3. The molecule has 0 bridgehead atoms. The Balaban J connectivity index is 2.16. The van der Waals surface area contributed by atoms with E-state index in [1.807, 2.05) is 38.1 Å². The fraction of sp³-hybridized carbons (Fsp3) is 0.312. The summed E-state index contributed by atoms with van der Waals surface area (Å²) in [5, 5.41) is 20.4. The smallest absolute Gasteiger partial charge is 0.171 e. The van der Waals surface area contributed by atoms with Crippen LogP contribution < -0.4 is 5.32 Å². The molecular weight excluding hydrogens is 312 g/mol. The molecule has 0 aliphatic carbocycles. The molecule has 0 aliphatic heterocycles. The number of aryl methyl sites for hydroxylation is 2. The lowest BCUT2D eigenvalue weighted by Gasteiger charge is -2.10. The SMILES string of the molecule is Cc1nnc(Nc2ccc(CCS(C)(=O)=O)cc2)c(C#N)c1C. The van der Waals surface area contributed by atoms with Gasteiger partial charge in [0, 0.05) is 11.9 Å². The minimum absolute atomic E-state index is 0.126. The topological polar surface area (TPSA) is 95.7 Å². The quantitative estimate of drug-likeness (QED) is 0.903. The van der Waals surface area contributed by atoms with E-state index in [2.05, 4.69) is 21.6 Å². The van der Waals surface area contributed by atoms with Gasteiger partial charge in [0.15, 0.2) is 5.82 Å². The van der Waals surface area contributed by atoms with E-state index in [0.29, 0.717) is 17.8 Å². The van der Waals surface area contributed by atoms with Gasteiger partial charge < -0.3 is 5.32 Å². The molecule has 0 atom stereocenters. The van der Waals surface area contributed by atoms with Crippen LogP contribution in [0.5, 0.6) is 0 Å². The average Bonchev–Trinajstić information content (AvgIpc) is 2.50. The predicted molar refractivity (Wildman–Crippen MR) is 89.4 cm³/mol. The highest BCUT2D eigenvalue weighted by atomic mass is 32.2. The highest BCUT2D eigenvalue weighted by Gasteiger charge is 2.11. The Hall–Kier alpha value is -2.46. The molecule has 120 valence electrons. The van der Waals surface area contributed by atoms with E-state index in [1.54, 1.807) is 0 Å². The van der Waals surface area contributed by atoms with Crippen LogP contribution in [0.1, 0.15) is 22.4 Å². The van der Waals surface area contributed by atoms with Crippen molar-refractivity contribution in [2.75, 3.05) is 17.3 Å². The number of aromatic nitrogens is 2. The monoisotopic (exact) mass is 330 g/mol. The van der Waals surface area contributed by atoms with Crippen molar-refractivity contribution in [2.24, 2.45) is 0 Å². The molecule has 0 spiro atoms. The van der Waals surface area contributed by atoms with Gasteiger partial charge in [-0.15, -0.1) is 5.10 Å². The Morgan fingerprint density at radius 3 is 2.39 bits per heavy atom. The number of nitrogens with one attached hydrogen (secondary N) is 1. The molecule has 1 heterocycles. The van der Waals surface area contributed by atoms with Crippen LogP contribution in [0.2, 0.25) is 0 Å². The van der Waals surface area contributed by atoms with Crippen molar-refractivity contribution in [1.29, 1.82) is 5.26 Å². The second-order valence-corrected chi connectivity index (χ2v) is 7.71. The molecule has 0 fully saturated rings. The van der Waals surface area contributed by atoms with Crippen LogP contribution in [0.4, 0.5) is 11.5 Å². The van der Waals surface area contributed by atoms with Gasteiger partial charge in [-0.2, -0.15) is 10.4 Å². The Bertz CT molecular complexity index is 853. The van der Waals surface area contributed by atoms with Gasteiger partial charge in [0.25, 0.3) is 0 Å². The average molecular weight is 330 g/mol. The third-order valence-corrected chi connectivity index (χ3v) is 4.49. The molecular formula is C16H18N4O2S. The van der Waals surface area contributed by atoms with Gasteiger partial charge in [-0.3, -0.25) is 0 Å². The van der Waals surface area contributed by atoms with E-state index in [-0.39, 0.29) is 5.75 Å². The molecule has 1 N–H and O–H groups in total. The minimum Gasteiger partial charge on any atom is -0.338 e. The molecule has 23 heavy (non-hydrogen) atoms. The molecule has 0 saturated heterocycles. The van der Waals surface area contributed by atoms with Gasteiger partial charge >= 0.3 is 0 Å². The number of rotatable bonds is 5. The van der Waals surface area contributed by atoms with Crippen molar-refractivity contribution in [3.8, 4) is 6.07 Å². The van der Waals surface area contributed by atoms with Crippen molar-refractivity contribution in [3.05, 3.63) is 46.6 Å². The molecule has 0 unspecified atom stereocenters. The Kier molecular flexibility index (Phi) is 4.96. The summed E-state index contributed by atoms with van der Waals surface area (Å²) in [5.74, 6) is 0.542. The summed E-state index contributed by atoms with van der Waals surface area (Å²) in [6.07, 6.45) is 1.71. The number of hydrogen-bond acceptors (Lipinski definition) is 6. The molecule has 7 heteroatoms. The zero-order valence-corrected chi connectivity index (χ0v) is 14.1. The number of benzene rings is 1. The first-order valence-corrected chi connectivity index (χ1v) is 9.14. The molecule has 0 radical (unpaired) electrons. The summed E-state index contributed by atoms with van der Waals surface area (Å²) in [6.45, 7) is 3.64. The van der Waals surface area contributed by atoms with Gasteiger partial charge in [0.2, 0.25) is 0 Å². The number of hydrogen-bond donors (Lipinski definition) is 1. The van der Waals surface area contributed by atoms with Crippen LogP contribution in [-0.4, -0.2) is 30.6 Å². The number of nitriles is 1. The maximum atomic E-state index is 11.2. The summed E-state index contributed by atoms with van der Waals surface area (Å²) >= 11 is 0. The van der Waals surface area contributed by atoms with Crippen LogP contribution in [0.3, 0.4) is 0 Å². The highest BCUT2D eigenvalue weighted by molar-refractivity contribution is 7.90. The first-order valence-electron chi connectivity index (χ1n) is 7.08. The summed E-state index contributed by atoms with van der Waals surface area (Å²) in [7, 11) is -2.97. The highest BCUT2D eigenvalue weighted by Crippen LogP contribution is 2.21. The third-order valence-electron chi connectivity index (χ3n) is 3.54. The minimum atomic E-state index is -2.97. The molecule has 1 aromatic heterocycles. The van der Waals surface area contributed by atoms with E-state index >= 15 is 0 Å². The van der Waals surface area contributed by atoms with Crippen LogP contribution in [0, 0.1) is 25.2 Å². The molecule has 0 aliphatic rings. The molecule has 6 nitrogen and oxygen atoms in total. The standard InChI is InChI=1S/C16H18N4O2S/c1-11-12(2)19-20-16(15(11)10-17)18-14-6-4-13(5-7-14)8-9-23(3,21)22/h4-7H,8-9H2,1-3H3,(H,18,20). The Morgan fingerprint density at radius 2 is 1.83 bits per heavy atom. The van der Waals surface area contributed by atoms with Gasteiger partial charge in [-0.1, -0.05) is 12.1 Å². The van der Waals surface area contributed by atoms with Crippen LogP contribution >= 0.6 is 0 Å². The summed E-state index contributed by atoms with van der Waals surface area (Å²) in [4.78, 5) is 0. The maximum absolute atomic E-state index is 11.2. The van der Waals surface area contributed by atoms with Crippen molar-refractivity contribution in [3.63, 3.8) is 0 Å². The fourth-order valence-electron chi connectivity index (χ4n) is 2.03. The third kappa shape index (κ3) is 4.50. The van der Waals surface area contributed by atoms with E-state index in [0.717, 1.165) is 22.5 Å². The molecule has 2 rings (SSSR count). The second kappa shape index (κ2) is 6.75. The predicted octanol–water partition coefficient (Wildman–Crippen LogP) is 2.30. The van der Waals surface area contributed by atoms with Gasteiger partial charge in [-0.05, 0) is 43.5 Å². The summed E-state index contributed by atoms with van der Waals surface area (Å²) in [5.41, 5.74) is 3.70. The van der Waals surface area contributed by atoms with Gasteiger partial charge in [0.1, 0.15) is 21.5 Å². The zero-order valence-electron chi connectivity index (χ0n) is 13.3. The molecule has 0 amide bonds. The molecule has 1 aromatic carbocycles. The Labute approximate surface area is 136 Å². The number of anilines is 2. The number of sulfone groups is 1. The fourth-order valence-corrected chi connectivity index (χ4v) is 2.63. The van der Waals surface area contributed by atoms with Crippen molar-refractivity contribution < 1.29 is 8.42 Å². The van der Waals surface area contributed by atoms with Crippen molar-refractivity contribution in [2.45, 2.75) is 20.3 Å². The maximum Gasteiger partial charge on any atom is 0.171 e. The lowest BCUT2D eigenvalue weighted by molar-refractivity contribution is 0.601. The normalized spacial score (nSPS) is 11.0. The first kappa shape index (κ1) is 16.9. The van der Waals surface area contributed by atoms with E-state index in [9.17, 15) is 13.7 Å². The summed E-state index contributed by atoms with van der Waals surface area (Å²) < 4.78 is 22.4. The van der Waals surface area contributed by atoms with Crippen LogP contribution in [0.25, 0.3) is 0 Å². The van der Waals surface area contributed by atoms with E-state index in [1.165, 1.54) is 6.26 Å². The Morgan fingerprint density at radius 1 is 1.17 bits per heavy atom. The van der Waals surface area contributed by atoms with Crippen LogP contribution in [-0.2, 0) is 16.3 Å². The lowest BCUT2D eigenvalue weighted by Crippen LogP contribution is -2.06. The van der Waals surface area contributed by atoms with Gasteiger partial charge in [0.05, 0.1) is 11.4 Å². The van der Waals surface area contributed by atoms with E-state index < -0.39 is 9.84 Å². The molecule has 0 saturated carbocycles. The van der Waals surface area contributed by atoms with Crippen LogP contribution in [0.15, 0.2) is 24.3 Å². The zero-order chi connectivity index (χ0) is 17.0. The summed E-state index contributed by atoms with van der Waals surface area (Å²) in [6, 6.07) is 9.51. The van der Waals surface area contributed by atoms with E-state index in [4.69, 9.17) is 0 Å². The second-order valence-electron chi connectivity index (χ2n) is 5.45. The van der Waals surface area contributed by atoms with Crippen molar-refractivity contribution >= 4 is 21.3 Å². The first-order chi connectivity index (χ1) is 10.8. The van der Waals surface area contributed by atoms with Gasteiger partial charge in [-0.25, -0.2) is 8.42 Å². The van der Waals surface area contributed by atoms with Crippen molar-refractivity contribution in [1.82, 2.24) is 10.2 Å². The lowest BCUT2D eigenvalue weighted by atomic mass is 10.1.